The molecule has 1 aliphatic rings. The Hall–Kier alpha value is -2.19. The smallest absolute Gasteiger partial charge is 0.276 e. The lowest BCUT2D eigenvalue weighted by atomic mass is 9.95. The quantitative estimate of drug-likeness (QED) is 0.511. The summed E-state index contributed by atoms with van der Waals surface area (Å²) in [6, 6.07) is 10.00. The van der Waals surface area contributed by atoms with Gasteiger partial charge in [0.25, 0.3) is 5.22 Å². The molecule has 180 valence electrons. The number of amides is 2. The molecule has 1 saturated heterocycles. The van der Waals surface area contributed by atoms with Crippen LogP contribution in [-0.2, 0) is 16.0 Å². The van der Waals surface area contributed by atoms with E-state index in [1.165, 1.54) is 17.3 Å². The van der Waals surface area contributed by atoms with E-state index in [0.717, 1.165) is 38.8 Å². The van der Waals surface area contributed by atoms with E-state index >= 15 is 0 Å². The Morgan fingerprint density at radius 3 is 2.61 bits per heavy atom. The Labute approximate surface area is 201 Å². The molecular weight excluding hydrogens is 436 g/mol. The van der Waals surface area contributed by atoms with Crippen LogP contribution in [-0.4, -0.2) is 51.3 Å². The van der Waals surface area contributed by atoms with Crippen LogP contribution in [0.15, 0.2) is 40.0 Å². The van der Waals surface area contributed by atoms with Gasteiger partial charge in [-0.15, -0.1) is 10.2 Å². The predicted molar refractivity (Wildman–Crippen MR) is 130 cm³/mol. The largest absolute Gasteiger partial charge is 0.415 e. The second-order valence-electron chi connectivity index (χ2n) is 9.39. The average molecular weight is 473 g/mol. The monoisotopic (exact) mass is 472 g/mol. The summed E-state index contributed by atoms with van der Waals surface area (Å²) < 4.78 is 5.77. The van der Waals surface area contributed by atoms with E-state index in [1.54, 1.807) is 0 Å². The molecule has 0 radical (unpaired) electrons. The molecule has 8 heteroatoms. The van der Waals surface area contributed by atoms with E-state index in [9.17, 15) is 9.59 Å². The first-order valence-electron chi connectivity index (χ1n) is 12.0. The summed E-state index contributed by atoms with van der Waals surface area (Å²) in [5.41, 5.74) is 1.25. The third-order valence-electron chi connectivity index (χ3n) is 5.77. The molecule has 2 atom stereocenters. The number of piperidine rings is 1. The second-order valence-corrected chi connectivity index (χ2v) is 10.9. The van der Waals surface area contributed by atoms with Crippen LogP contribution in [0.1, 0.15) is 70.8 Å². The van der Waals surface area contributed by atoms with Gasteiger partial charge in [0, 0.05) is 11.8 Å². The fraction of sp³-hybridized carbons (Fsp3) is 0.600. The zero-order valence-corrected chi connectivity index (χ0v) is 20.9. The number of nitrogens with zero attached hydrogens (tertiary/aromatic N) is 3. The molecule has 2 heterocycles. The topological polar surface area (TPSA) is 88.3 Å². The summed E-state index contributed by atoms with van der Waals surface area (Å²) >= 11 is 1.46. The highest BCUT2D eigenvalue weighted by Crippen LogP contribution is 2.28. The van der Waals surface area contributed by atoms with Crippen molar-refractivity contribution in [3.63, 3.8) is 0 Å². The lowest BCUT2D eigenvalue weighted by Gasteiger charge is -2.34. The van der Waals surface area contributed by atoms with Gasteiger partial charge < -0.3 is 4.42 Å². The lowest BCUT2D eigenvalue weighted by Crippen LogP contribution is -2.52. The summed E-state index contributed by atoms with van der Waals surface area (Å²) in [5.74, 6) is -0.697. The number of nitrogens with one attached hydrogen (secondary N) is 1. The van der Waals surface area contributed by atoms with Gasteiger partial charge in [0.15, 0.2) is 0 Å². The molecule has 7 nitrogen and oxygen atoms in total. The highest BCUT2D eigenvalue weighted by Gasteiger charge is 2.33. The Morgan fingerprint density at radius 2 is 1.91 bits per heavy atom. The highest BCUT2D eigenvalue weighted by molar-refractivity contribution is 7.99. The molecule has 2 amide bonds. The molecule has 0 saturated carbocycles. The van der Waals surface area contributed by atoms with Gasteiger partial charge in [-0.3, -0.25) is 19.8 Å². The van der Waals surface area contributed by atoms with E-state index in [1.807, 2.05) is 45.9 Å². The van der Waals surface area contributed by atoms with Crippen molar-refractivity contribution in [3.8, 4) is 0 Å². The van der Waals surface area contributed by atoms with Crippen molar-refractivity contribution >= 4 is 23.6 Å². The maximum absolute atomic E-state index is 13.2. The molecule has 0 aliphatic carbocycles. The van der Waals surface area contributed by atoms with E-state index in [2.05, 4.69) is 32.5 Å². The van der Waals surface area contributed by atoms with Crippen LogP contribution in [0.2, 0.25) is 0 Å². The van der Waals surface area contributed by atoms with Gasteiger partial charge in [-0.05, 0) is 43.7 Å². The van der Waals surface area contributed by atoms with Crippen molar-refractivity contribution in [1.82, 2.24) is 20.4 Å². The molecule has 3 rings (SSSR count). The second kappa shape index (κ2) is 12.3. The third kappa shape index (κ3) is 7.67. The van der Waals surface area contributed by atoms with Gasteiger partial charge in [0.1, 0.15) is 5.92 Å². The normalized spacial score (nSPS) is 17.9. The van der Waals surface area contributed by atoms with E-state index in [-0.39, 0.29) is 29.7 Å². The highest BCUT2D eigenvalue weighted by atomic mass is 32.2. The van der Waals surface area contributed by atoms with Crippen molar-refractivity contribution in [2.75, 3.05) is 13.1 Å². The van der Waals surface area contributed by atoms with Crippen LogP contribution in [0.3, 0.4) is 0 Å². The average Bonchev–Trinajstić information content (AvgIpc) is 3.24. The summed E-state index contributed by atoms with van der Waals surface area (Å²) in [6.07, 6.45) is 4.24. The Kier molecular flexibility index (Phi) is 9.50. The van der Waals surface area contributed by atoms with Gasteiger partial charge in [0.2, 0.25) is 17.7 Å². The van der Waals surface area contributed by atoms with E-state index in [4.69, 9.17) is 4.42 Å². The van der Waals surface area contributed by atoms with Crippen LogP contribution in [0.4, 0.5) is 0 Å². The summed E-state index contributed by atoms with van der Waals surface area (Å²) in [7, 11) is 0. The molecule has 33 heavy (non-hydrogen) atoms. The van der Waals surface area contributed by atoms with Crippen molar-refractivity contribution in [1.29, 1.82) is 0 Å². The first-order valence-corrected chi connectivity index (χ1v) is 12.8. The minimum absolute atomic E-state index is 0.224. The molecule has 0 unspecified atom stereocenters. The fourth-order valence-electron chi connectivity index (χ4n) is 4.17. The molecule has 1 fully saturated rings. The van der Waals surface area contributed by atoms with Crippen LogP contribution < -0.4 is 5.32 Å². The Balaban J connectivity index is 1.65. The number of benzene rings is 1. The van der Waals surface area contributed by atoms with Gasteiger partial charge in [-0.2, -0.15) is 0 Å². The van der Waals surface area contributed by atoms with Crippen LogP contribution in [0.5, 0.6) is 0 Å². The lowest BCUT2D eigenvalue weighted by molar-refractivity contribution is -0.135. The Bertz CT molecular complexity index is 900. The summed E-state index contributed by atoms with van der Waals surface area (Å²) in [6.45, 7) is 9.82. The molecule has 0 spiro atoms. The van der Waals surface area contributed by atoms with E-state index < -0.39 is 5.92 Å². The van der Waals surface area contributed by atoms with Crippen molar-refractivity contribution in [2.45, 2.75) is 82.2 Å². The van der Waals surface area contributed by atoms with Crippen molar-refractivity contribution < 1.29 is 14.0 Å². The van der Waals surface area contributed by atoms with Crippen LogP contribution >= 0.6 is 11.8 Å². The maximum atomic E-state index is 13.2. The predicted octanol–water partition coefficient (Wildman–Crippen LogP) is 4.44. The number of carbonyl (C=O) groups is 2. The molecule has 1 aliphatic heterocycles. The SMILES string of the molecule is CC(C)C[C@H](C(=O)NC(=O)[C@@H]1CCCCN1CCc1ccccc1)c1nnc(SC(C)C)o1. The number of carbonyl (C=O) groups excluding carboxylic acids is 2. The first kappa shape index (κ1) is 25.4. The zero-order chi connectivity index (χ0) is 23.8. The first-order chi connectivity index (χ1) is 15.8. The summed E-state index contributed by atoms with van der Waals surface area (Å²) in [5, 5.41) is 11.6. The summed E-state index contributed by atoms with van der Waals surface area (Å²) in [4.78, 5) is 28.5. The van der Waals surface area contributed by atoms with Gasteiger partial charge >= 0.3 is 0 Å². The molecule has 0 bridgehead atoms. The number of imide groups is 1. The maximum Gasteiger partial charge on any atom is 0.276 e. The molecule has 2 aromatic rings. The standard InChI is InChI=1S/C25H36N4O3S/c1-17(2)16-20(24-27-28-25(32-24)33-18(3)4)22(30)26-23(31)21-12-8-9-14-29(21)15-13-19-10-6-5-7-11-19/h5-7,10-11,17-18,20-21H,8-9,12-16H2,1-4H3,(H,26,30,31)/t20-,21+/m1/s1. The fourth-order valence-corrected chi connectivity index (χ4v) is 4.79. The van der Waals surface area contributed by atoms with Crippen molar-refractivity contribution in [2.24, 2.45) is 5.92 Å². The van der Waals surface area contributed by atoms with Crippen molar-refractivity contribution in [3.05, 3.63) is 41.8 Å². The van der Waals surface area contributed by atoms with Gasteiger partial charge in [-0.25, -0.2) is 0 Å². The minimum atomic E-state index is -0.635. The number of thioether (sulfide) groups is 1. The number of hydrogen-bond acceptors (Lipinski definition) is 7. The third-order valence-corrected chi connectivity index (χ3v) is 6.61. The Morgan fingerprint density at radius 1 is 1.15 bits per heavy atom. The van der Waals surface area contributed by atoms with Gasteiger partial charge in [0.05, 0.1) is 6.04 Å². The van der Waals surface area contributed by atoms with Crippen LogP contribution in [0.25, 0.3) is 0 Å². The van der Waals surface area contributed by atoms with E-state index in [0.29, 0.717) is 16.9 Å². The number of hydrogen-bond donors (Lipinski definition) is 1. The number of rotatable bonds is 10. The molecular formula is C25H36N4O3S. The van der Waals surface area contributed by atoms with Crippen LogP contribution in [0, 0.1) is 5.92 Å². The van der Waals surface area contributed by atoms with Gasteiger partial charge in [-0.1, -0.05) is 76.2 Å². The minimum Gasteiger partial charge on any atom is -0.415 e. The zero-order valence-electron chi connectivity index (χ0n) is 20.1. The number of likely N-dealkylation sites (tertiary alicyclic amines) is 1. The molecule has 1 aromatic carbocycles. The molecule has 1 aromatic heterocycles. The number of aromatic nitrogens is 2. The molecule has 1 N–H and O–H groups in total.